The molecule has 12 heteroatoms. The summed E-state index contributed by atoms with van der Waals surface area (Å²) < 4.78 is 61.3. The van der Waals surface area contributed by atoms with Gasteiger partial charge in [0.15, 0.2) is 11.6 Å². The van der Waals surface area contributed by atoms with Crippen LogP contribution in [0.5, 0.6) is 5.88 Å². The maximum absolute atomic E-state index is 14.4. The third-order valence-electron chi connectivity index (χ3n) is 7.55. The largest absolute Gasteiger partial charge is 0.472 e. The second-order valence-corrected chi connectivity index (χ2v) is 10.3. The number of nitrogens with one attached hydrogen (secondary N) is 1. The molecular formula is C26H33F4N7O. The van der Waals surface area contributed by atoms with Crippen LogP contribution < -0.4 is 15.0 Å². The van der Waals surface area contributed by atoms with Gasteiger partial charge in [0, 0.05) is 44.1 Å². The van der Waals surface area contributed by atoms with Gasteiger partial charge in [-0.05, 0) is 59.2 Å². The topological polar surface area (TPSA) is 71.3 Å². The molecule has 1 aliphatic carbocycles. The van der Waals surface area contributed by atoms with Gasteiger partial charge < -0.3 is 19.9 Å². The average Bonchev–Trinajstić information content (AvgIpc) is 3.51. The van der Waals surface area contributed by atoms with Gasteiger partial charge >= 0.3 is 6.18 Å². The molecule has 3 aromatic rings. The molecule has 2 aliphatic rings. The summed E-state index contributed by atoms with van der Waals surface area (Å²) in [5, 5.41) is 9.34. The lowest BCUT2D eigenvalue weighted by molar-refractivity contribution is -0.140. The number of anilines is 2. The highest BCUT2D eigenvalue weighted by atomic mass is 19.4. The zero-order valence-corrected chi connectivity index (χ0v) is 21.8. The molecule has 2 fully saturated rings. The van der Waals surface area contributed by atoms with E-state index in [4.69, 9.17) is 9.84 Å². The lowest BCUT2D eigenvalue weighted by Gasteiger charge is -2.29. The number of pyridine rings is 2. The smallest absolute Gasteiger partial charge is 0.419 e. The van der Waals surface area contributed by atoms with E-state index in [-0.39, 0.29) is 6.04 Å². The van der Waals surface area contributed by atoms with Crippen LogP contribution in [0, 0.1) is 5.82 Å². The fraction of sp³-hybridized carbons (Fsp3) is 0.577. The molecule has 0 unspecified atom stereocenters. The van der Waals surface area contributed by atoms with Crippen LogP contribution in [0.15, 0.2) is 24.5 Å². The Hall–Kier alpha value is -3.15. The summed E-state index contributed by atoms with van der Waals surface area (Å²) in [4.78, 5) is 12.9. The van der Waals surface area contributed by atoms with E-state index >= 15 is 0 Å². The average molecular weight is 536 g/mol. The van der Waals surface area contributed by atoms with Crippen molar-refractivity contribution in [2.45, 2.75) is 63.4 Å². The minimum atomic E-state index is -4.80. The number of halogens is 4. The summed E-state index contributed by atoms with van der Waals surface area (Å²) in [5.41, 5.74) is -0.371. The van der Waals surface area contributed by atoms with Crippen LogP contribution in [0.1, 0.15) is 50.6 Å². The number of likely N-dealkylation sites (N-methyl/N-ethyl adjacent to an activating group) is 1. The van der Waals surface area contributed by atoms with Crippen molar-refractivity contribution in [2.75, 3.05) is 43.9 Å². The van der Waals surface area contributed by atoms with Crippen LogP contribution in [-0.2, 0) is 6.18 Å². The van der Waals surface area contributed by atoms with Gasteiger partial charge in [-0.25, -0.2) is 14.4 Å². The number of alkyl halides is 3. The van der Waals surface area contributed by atoms with Gasteiger partial charge in [-0.15, -0.1) is 0 Å². The number of aromatic nitrogens is 4. The third-order valence-corrected chi connectivity index (χ3v) is 7.55. The third kappa shape index (κ3) is 5.23. The Labute approximate surface area is 219 Å². The Morgan fingerprint density at radius 3 is 2.55 bits per heavy atom. The molecule has 1 aliphatic heterocycles. The molecule has 8 nitrogen and oxygen atoms in total. The summed E-state index contributed by atoms with van der Waals surface area (Å²) >= 11 is 0. The standard InChI is InChI=1S/C26H33F4N7O/c1-4-31-22-13-21-19(14-33-22)24(36-12-10-17(15-36)35(2)3)34-37(21)16-5-7-18(8-6-16)38-25-23(27)20(9-11-32-25)26(28,29)30/h9,11,13-14,16-18H,4-8,10,12,15H2,1-3H3,(H,31,33)/t16?,17-,18?/m0/s1. The molecule has 0 aromatic carbocycles. The van der Waals surface area contributed by atoms with Crippen molar-refractivity contribution >= 4 is 22.5 Å². The number of fused-ring (bicyclic) bond motifs is 1. The molecule has 1 N–H and O–H groups in total. The number of hydrogen-bond donors (Lipinski definition) is 1. The minimum absolute atomic E-state index is 0.0783. The molecule has 3 aromatic heterocycles. The van der Waals surface area contributed by atoms with Crippen LogP contribution in [0.3, 0.4) is 0 Å². The lowest BCUT2D eigenvalue weighted by Crippen LogP contribution is -2.31. The zero-order chi connectivity index (χ0) is 27.0. The molecule has 0 bridgehead atoms. The van der Waals surface area contributed by atoms with Crippen LogP contribution in [0.4, 0.5) is 29.2 Å². The summed E-state index contributed by atoms with van der Waals surface area (Å²) in [6, 6.07) is 3.19. The molecule has 1 saturated carbocycles. The van der Waals surface area contributed by atoms with Crippen molar-refractivity contribution in [1.82, 2.24) is 24.6 Å². The first-order valence-electron chi connectivity index (χ1n) is 13.1. The molecule has 5 rings (SSSR count). The number of rotatable bonds is 7. The number of hydrogen-bond acceptors (Lipinski definition) is 7. The van der Waals surface area contributed by atoms with Crippen molar-refractivity contribution in [2.24, 2.45) is 0 Å². The molecule has 0 amide bonds. The second-order valence-electron chi connectivity index (χ2n) is 10.3. The first-order chi connectivity index (χ1) is 18.2. The zero-order valence-electron chi connectivity index (χ0n) is 21.8. The fourth-order valence-electron chi connectivity index (χ4n) is 5.45. The van der Waals surface area contributed by atoms with Gasteiger partial charge in [0.2, 0.25) is 0 Å². The predicted molar refractivity (Wildman–Crippen MR) is 137 cm³/mol. The number of nitrogens with zero attached hydrogens (tertiary/aromatic N) is 6. The summed E-state index contributed by atoms with van der Waals surface area (Å²) in [6.07, 6.45) is 1.15. The van der Waals surface area contributed by atoms with E-state index in [2.05, 4.69) is 43.9 Å². The Morgan fingerprint density at radius 2 is 1.89 bits per heavy atom. The highest BCUT2D eigenvalue weighted by Gasteiger charge is 2.37. The SMILES string of the molecule is CCNc1cc2c(cn1)c(N1CC[C@H](N(C)C)C1)nn2C1CCC(Oc2nccc(C(F)(F)F)c2F)CC1. The normalized spacial score (nSPS) is 22.4. The Kier molecular flexibility index (Phi) is 7.34. The van der Waals surface area contributed by atoms with E-state index in [1.54, 1.807) is 0 Å². The van der Waals surface area contributed by atoms with Crippen molar-refractivity contribution < 1.29 is 22.3 Å². The molecule has 38 heavy (non-hydrogen) atoms. The lowest BCUT2D eigenvalue weighted by atomic mass is 9.93. The highest BCUT2D eigenvalue weighted by Crippen LogP contribution is 2.38. The van der Waals surface area contributed by atoms with E-state index in [1.807, 2.05) is 19.2 Å². The van der Waals surface area contributed by atoms with Crippen molar-refractivity contribution in [3.05, 3.63) is 35.9 Å². The molecule has 0 spiro atoms. The monoisotopic (exact) mass is 535 g/mol. The van der Waals surface area contributed by atoms with Crippen molar-refractivity contribution in [1.29, 1.82) is 0 Å². The Bertz CT molecular complexity index is 1270. The van der Waals surface area contributed by atoms with E-state index in [1.165, 1.54) is 0 Å². The maximum Gasteiger partial charge on any atom is 0.419 e. The van der Waals surface area contributed by atoms with Gasteiger partial charge in [0.05, 0.1) is 22.5 Å². The van der Waals surface area contributed by atoms with E-state index in [0.717, 1.165) is 54.8 Å². The molecule has 206 valence electrons. The maximum atomic E-state index is 14.4. The van der Waals surface area contributed by atoms with E-state index in [0.29, 0.717) is 37.8 Å². The first-order valence-corrected chi connectivity index (χ1v) is 13.1. The van der Waals surface area contributed by atoms with Gasteiger partial charge in [0.1, 0.15) is 11.9 Å². The van der Waals surface area contributed by atoms with Crippen LogP contribution in [0.25, 0.3) is 10.9 Å². The summed E-state index contributed by atoms with van der Waals surface area (Å²) in [6.45, 7) is 4.58. The van der Waals surface area contributed by atoms with Crippen molar-refractivity contribution in [3.8, 4) is 5.88 Å². The van der Waals surface area contributed by atoms with Crippen LogP contribution >= 0.6 is 0 Å². The molecule has 1 atom stereocenters. The quantitative estimate of drug-likeness (QED) is 0.421. The molecule has 4 heterocycles. The van der Waals surface area contributed by atoms with Gasteiger partial charge in [0.25, 0.3) is 5.88 Å². The van der Waals surface area contributed by atoms with Crippen LogP contribution in [-0.4, -0.2) is 70.5 Å². The van der Waals surface area contributed by atoms with Gasteiger partial charge in [-0.2, -0.15) is 18.3 Å². The minimum Gasteiger partial charge on any atom is -0.472 e. The van der Waals surface area contributed by atoms with Crippen LogP contribution in [0.2, 0.25) is 0 Å². The Morgan fingerprint density at radius 1 is 1.13 bits per heavy atom. The predicted octanol–water partition coefficient (Wildman–Crippen LogP) is 5.12. The first kappa shape index (κ1) is 26.5. The number of ether oxygens (including phenoxy) is 1. The van der Waals surface area contributed by atoms with Crippen molar-refractivity contribution in [3.63, 3.8) is 0 Å². The molecule has 0 radical (unpaired) electrons. The summed E-state index contributed by atoms with van der Waals surface area (Å²) in [7, 11) is 4.19. The summed E-state index contributed by atoms with van der Waals surface area (Å²) in [5.74, 6) is -0.354. The second kappa shape index (κ2) is 10.5. The fourth-order valence-corrected chi connectivity index (χ4v) is 5.45. The van der Waals surface area contributed by atoms with Gasteiger partial charge in [-0.1, -0.05) is 0 Å². The Balaban J connectivity index is 1.35. The van der Waals surface area contributed by atoms with E-state index in [9.17, 15) is 17.6 Å². The van der Waals surface area contributed by atoms with E-state index < -0.39 is 29.5 Å². The highest BCUT2D eigenvalue weighted by molar-refractivity contribution is 5.91. The molecule has 1 saturated heterocycles. The van der Waals surface area contributed by atoms with Gasteiger partial charge in [-0.3, -0.25) is 4.68 Å². The molecular weight excluding hydrogens is 502 g/mol.